The Kier molecular flexibility index (Phi) is 5.55. The van der Waals surface area contributed by atoms with Crippen LogP contribution in [0.4, 0.5) is 5.69 Å². The van der Waals surface area contributed by atoms with Gasteiger partial charge >= 0.3 is 0 Å². The van der Waals surface area contributed by atoms with E-state index >= 15 is 0 Å². The minimum absolute atomic E-state index is 0.0106. The molecule has 1 unspecified atom stereocenters. The van der Waals surface area contributed by atoms with Gasteiger partial charge in [-0.15, -0.1) is 0 Å². The molecule has 26 heavy (non-hydrogen) atoms. The number of rotatable bonds is 4. The summed E-state index contributed by atoms with van der Waals surface area (Å²) in [4.78, 5) is 16.9. The van der Waals surface area contributed by atoms with Crippen molar-refractivity contribution in [3.63, 3.8) is 0 Å². The fraction of sp³-hybridized carbons (Fsp3) is 0.316. The molecule has 0 aliphatic carbocycles. The van der Waals surface area contributed by atoms with Crippen LogP contribution in [0.15, 0.2) is 38.5 Å². The summed E-state index contributed by atoms with van der Waals surface area (Å²) >= 11 is 3.38. The SMILES string of the molecule is Cc1c(C=Nc2cccc(Br)c2)c(O)n(CC2CCCO2)c(=O)c1C#N. The number of nitrogens with zero attached hydrogens (tertiary/aromatic N) is 3. The minimum Gasteiger partial charge on any atom is -0.494 e. The molecule has 2 heterocycles. The third-order valence-corrected chi connectivity index (χ3v) is 4.90. The lowest BCUT2D eigenvalue weighted by Crippen LogP contribution is -2.29. The van der Waals surface area contributed by atoms with Crippen LogP contribution in [0.3, 0.4) is 0 Å². The Balaban J connectivity index is 2.06. The quantitative estimate of drug-likeness (QED) is 0.774. The first kappa shape index (κ1) is 18.4. The molecule has 0 saturated carbocycles. The number of ether oxygens (including phenoxy) is 1. The zero-order valence-electron chi connectivity index (χ0n) is 14.3. The molecule has 6 nitrogen and oxygen atoms in total. The lowest BCUT2D eigenvalue weighted by Gasteiger charge is -2.17. The molecule has 134 valence electrons. The average Bonchev–Trinajstić information content (AvgIpc) is 3.12. The molecular weight excluding hydrogens is 398 g/mol. The Morgan fingerprint density at radius 1 is 1.54 bits per heavy atom. The fourth-order valence-electron chi connectivity index (χ4n) is 2.98. The van der Waals surface area contributed by atoms with Gasteiger partial charge in [-0.2, -0.15) is 5.26 Å². The van der Waals surface area contributed by atoms with Crippen molar-refractivity contribution >= 4 is 27.8 Å². The number of aromatic hydroxyl groups is 1. The highest BCUT2D eigenvalue weighted by molar-refractivity contribution is 9.10. The maximum atomic E-state index is 12.6. The number of halogens is 1. The van der Waals surface area contributed by atoms with Gasteiger partial charge in [0.1, 0.15) is 11.6 Å². The summed E-state index contributed by atoms with van der Waals surface area (Å²) in [6.07, 6.45) is 3.10. The largest absolute Gasteiger partial charge is 0.494 e. The van der Waals surface area contributed by atoms with Crippen LogP contribution in [-0.4, -0.2) is 28.6 Å². The van der Waals surface area contributed by atoms with Crippen LogP contribution in [0.25, 0.3) is 0 Å². The van der Waals surface area contributed by atoms with Crippen molar-refractivity contribution in [2.45, 2.75) is 32.4 Å². The molecule has 1 atom stereocenters. The molecule has 1 aromatic carbocycles. The zero-order valence-corrected chi connectivity index (χ0v) is 15.9. The normalized spacial score (nSPS) is 16.9. The lowest BCUT2D eigenvalue weighted by atomic mass is 10.1. The number of hydrogen-bond acceptors (Lipinski definition) is 5. The molecular formula is C19H18BrN3O3. The van der Waals surface area contributed by atoms with Gasteiger partial charge in [0, 0.05) is 17.3 Å². The monoisotopic (exact) mass is 415 g/mol. The molecule has 0 radical (unpaired) electrons. The van der Waals surface area contributed by atoms with E-state index in [1.807, 2.05) is 30.3 Å². The lowest BCUT2D eigenvalue weighted by molar-refractivity contribution is 0.0938. The summed E-state index contributed by atoms with van der Waals surface area (Å²) in [6, 6.07) is 9.34. The molecule has 7 heteroatoms. The third kappa shape index (κ3) is 3.71. The fourth-order valence-corrected chi connectivity index (χ4v) is 3.37. The average molecular weight is 416 g/mol. The first-order valence-corrected chi connectivity index (χ1v) is 9.08. The van der Waals surface area contributed by atoms with Crippen LogP contribution in [0, 0.1) is 18.3 Å². The van der Waals surface area contributed by atoms with E-state index in [4.69, 9.17) is 4.74 Å². The molecule has 0 bridgehead atoms. The van der Waals surface area contributed by atoms with Gasteiger partial charge in [0.05, 0.1) is 23.9 Å². The highest BCUT2D eigenvalue weighted by Crippen LogP contribution is 2.24. The van der Waals surface area contributed by atoms with E-state index in [2.05, 4.69) is 20.9 Å². The molecule has 1 fully saturated rings. The number of hydrogen-bond donors (Lipinski definition) is 1. The van der Waals surface area contributed by atoms with Gasteiger partial charge in [-0.05, 0) is 43.5 Å². The standard InChI is InChI=1S/C19H18BrN3O3/c1-12-16(9-21)18(24)23(11-15-6-3-7-26-15)19(25)17(12)10-22-14-5-2-4-13(20)8-14/h2,4-5,8,10,15,25H,3,6-7,11H2,1H3. The van der Waals surface area contributed by atoms with Crippen LogP contribution in [0.1, 0.15) is 29.5 Å². The number of pyridine rings is 1. The van der Waals surface area contributed by atoms with Crippen molar-refractivity contribution in [1.29, 1.82) is 5.26 Å². The molecule has 0 amide bonds. The summed E-state index contributed by atoms with van der Waals surface area (Å²) in [6.45, 7) is 2.50. The first-order chi connectivity index (χ1) is 12.5. The summed E-state index contributed by atoms with van der Waals surface area (Å²) in [7, 11) is 0. The Bertz CT molecular complexity index is 954. The molecule has 1 saturated heterocycles. The van der Waals surface area contributed by atoms with Crippen molar-refractivity contribution in [3.8, 4) is 11.9 Å². The van der Waals surface area contributed by atoms with Crippen LogP contribution in [-0.2, 0) is 11.3 Å². The van der Waals surface area contributed by atoms with Gasteiger partial charge in [0.25, 0.3) is 5.56 Å². The van der Waals surface area contributed by atoms with E-state index in [0.717, 1.165) is 17.3 Å². The van der Waals surface area contributed by atoms with Crippen molar-refractivity contribution in [2.24, 2.45) is 4.99 Å². The molecule has 0 spiro atoms. The second kappa shape index (κ2) is 7.85. The number of aliphatic imine (C=N–C) groups is 1. The molecule has 1 aliphatic rings. The summed E-state index contributed by atoms with van der Waals surface area (Å²) in [5, 5.41) is 20.1. The van der Waals surface area contributed by atoms with E-state index in [0.29, 0.717) is 23.4 Å². The van der Waals surface area contributed by atoms with Crippen LogP contribution in [0.5, 0.6) is 5.88 Å². The van der Waals surface area contributed by atoms with E-state index in [-0.39, 0.29) is 24.1 Å². The van der Waals surface area contributed by atoms with Crippen molar-refractivity contribution in [3.05, 3.63) is 55.8 Å². The predicted molar refractivity (Wildman–Crippen MR) is 102 cm³/mol. The second-order valence-electron chi connectivity index (χ2n) is 6.14. The van der Waals surface area contributed by atoms with E-state index < -0.39 is 5.56 Å². The number of aromatic nitrogens is 1. The number of nitriles is 1. The van der Waals surface area contributed by atoms with E-state index in [1.54, 1.807) is 6.92 Å². The van der Waals surface area contributed by atoms with Gasteiger partial charge in [-0.1, -0.05) is 22.0 Å². The predicted octanol–water partition coefficient (Wildman–Crippen LogP) is 3.43. The third-order valence-electron chi connectivity index (χ3n) is 4.41. The Morgan fingerprint density at radius 3 is 3.00 bits per heavy atom. The van der Waals surface area contributed by atoms with E-state index in [1.165, 1.54) is 10.8 Å². The smallest absolute Gasteiger partial charge is 0.271 e. The van der Waals surface area contributed by atoms with Crippen molar-refractivity contribution < 1.29 is 9.84 Å². The van der Waals surface area contributed by atoms with Gasteiger partial charge in [-0.3, -0.25) is 14.4 Å². The highest BCUT2D eigenvalue weighted by Gasteiger charge is 2.22. The molecule has 1 N–H and O–H groups in total. The van der Waals surface area contributed by atoms with Crippen LogP contribution in [0.2, 0.25) is 0 Å². The summed E-state index contributed by atoms with van der Waals surface area (Å²) in [5.74, 6) is -0.194. The van der Waals surface area contributed by atoms with Crippen LogP contribution >= 0.6 is 15.9 Å². The Morgan fingerprint density at radius 2 is 2.35 bits per heavy atom. The Hall–Kier alpha value is -2.43. The zero-order chi connectivity index (χ0) is 18.7. The van der Waals surface area contributed by atoms with Crippen molar-refractivity contribution in [2.75, 3.05) is 6.61 Å². The highest BCUT2D eigenvalue weighted by atomic mass is 79.9. The maximum absolute atomic E-state index is 12.6. The van der Waals surface area contributed by atoms with Crippen LogP contribution < -0.4 is 5.56 Å². The maximum Gasteiger partial charge on any atom is 0.271 e. The second-order valence-corrected chi connectivity index (χ2v) is 7.05. The number of benzene rings is 1. The summed E-state index contributed by atoms with van der Waals surface area (Å²) in [5.41, 5.74) is 0.971. The molecule has 2 aromatic rings. The molecule has 1 aliphatic heterocycles. The summed E-state index contributed by atoms with van der Waals surface area (Å²) < 4.78 is 7.66. The van der Waals surface area contributed by atoms with Gasteiger partial charge in [0.2, 0.25) is 5.88 Å². The Labute approximate surface area is 159 Å². The van der Waals surface area contributed by atoms with Crippen molar-refractivity contribution in [1.82, 2.24) is 4.57 Å². The topological polar surface area (TPSA) is 87.6 Å². The van der Waals surface area contributed by atoms with E-state index in [9.17, 15) is 15.2 Å². The molecule has 1 aromatic heterocycles. The van der Waals surface area contributed by atoms with Gasteiger partial charge < -0.3 is 9.84 Å². The molecule has 3 rings (SSSR count). The van der Waals surface area contributed by atoms with Gasteiger partial charge in [-0.25, -0.2) is 0 Å². The minimum atomic E-state index is -0.502. The first-order valence-electron chi connectivity index (χ1n) is 8.29. The van der Waals surface area contributed by atoms with Gasteiger partial charge in [0.15, 0.2) is 0 Å².